The number of piperidine rings is 1. The van der Waals surface area contributed by atoms with Gasteiger partial charge < -0.3 is 4.90 Å². The summed E-state index contributed by atoms with van der Waals surface area (Å²) in [4.78, 5) is 17.7. The molecule has 0 bridgehead atoms. The molecule has 0 N–H and O–H groups in total. The number of benzene rings is 2. The number of carbonyl (C=O) groups excluding carboxylic acids is 1. The molecule has 6 nitrogen and oxygen atoms in total. The summed E-state index contributed by atoms with van der Waals surface area (Å²) in [5.41, 5.74) is 2.73. The maximum atomic E-state index is 13.4. The number of carbonyl (C=O) groups is 1. The second-order valence-corrected chi connectivity index (χ2v) is 11.6. The highest BCUT2D eigenvalue weighted by Gasteiger charge is 2.34. The summed E-state index contributed by atoms with van der Waals surface area (Å²) in [7, 11) is -0.459. The van der Waals surface area contributed by atoms with E-state index in [9.17, 15) is 13.2 Å². The van der Waals surface area contributed by atoms with Crippen LogP contribution < -0.4 is 4.90 Å². The molecular weight excluding hydrogens is 469 g/mol. The molecular formula is C23H27Cl2N3O3S. The van der Waals surface area contributed by atoms with Gasteiger partial charge in [-0.1, -0.05) is 29.3 Å². The normalized spacial score (nSPS) is 19.4. The Balaban J connectivity index is 1.47. The molecule has 2 heterocycles. The minimum Gasteiger partial charge on any atom is -0.312 e. The van der Waals surface area contributed by atoms with Crippen molar-refractivity contribution in [3.63, 3.8) is 0 Å². The van der Waals surface area contributed by atoms with Crippen molar-refractivity contribution in [2.45, 2.75) is 30.7 Å². The summed E-state index contributed by atoms with van der Waals surface area (Å²) in [6, 6.07) is 10.6. The molecule has 32 heavy (non-hydrogen) atoms. The summed E-state index contributed by atoms with van der Waals surface area (Å²) in [5, 5.41) is 1.25. The molecule has 2 aliphatic heterocycles. The second-order valence-electron chi connectivity index (χ2n) is 8.63. The van der Waals surface area contributed by atoms with Gasteiger partial charge in [-0.25, -0.2) is 12.7 Å². The van der Waals surface area contributed by atoms with Crippen molar-refractivity contribution >= 4 is 44.8 Å². The van der Waals surface area contributed by atoms with E-state index in [2.05, 4.69) is 4.90 Å². The van der Waals surface area contributed by atoms with Crippen LogP contribution in [0, 0.1) is 5.92 Å². The molecule has 172 valence electrons. The molecule has 0 aliphatic carbocycles. The number of rotatable bonds is 5. The molecule has 0 spiro atoms. The fourth-order valence-electron chi connectivity index (χ4n) is 4.49. The summed E-state index contributed by atoms with van der Waals surface area (Å²) in [5.74, 6) is 0.0184. The van der Waals surface area contributed by atoms with Crippen molar-refractivity contribution < 1.29 is 13.2 Å². The van der Waals surface area contributed by atoms with E-state index in [-0.39, 0.29) is 16.7 Å². The van der Waals surface area contributed by atoms with Crippen LogP contribution in [-0.4, -0.2) is 57.3 Å². The largest absolute Gasteiger partial charge is 0.312 e. The Bertz CT molecular complexity index is 1140. The van der Waals surface area contributed by atoms with Crippen molar-refractivity contribution in [1.82, 2.24) is 9.21 Å². The van der Waals surface area contributed by atoms with E-state index in [0.717, 1.165) is 36.2 Å². The highest BCUT2D eigenvalue weighted by atomic mass is 35.5. The lowest BCUT2D eigenvalue weighted by molar-refractivity contribution is -0.124. The first kappa shape index (κ1) is 23.5. The first-order valence-electron chi connectivity index (χ1n) is 10.7. The summed E-state index contributed by atoms with van der Waals surface area (Å²) >= 11 is 12.3. The molecule has 1 fully saturated rings. The Morgan fingerprint density at radius 3 is 2.62 bits per heavy atom. The topological polar surface area (TPSA) is 60.9 Å². The Kier molecular flexibility index (Phi) is 6.84. The van der Waals surface area contributed by atoms with E-state index in [1.54, 1.807) is 24.3 Å². The highest BCUT2D eigenvalue weighted by Crippen LogP contribution is 2.33. The van der Waals surface area contributed by atoms with Gasteiger partial charge in [0.25, 0.3) is 0 Å². The van der Waals surface area contributed by atoms with Crippen LogP contribution in [0.5, 0.6) is 0 Å². The zero-order chi connectivity index (χ0) is 23.0. The van der Waals surface area contributed by atoms with Crippen LogP contribution in [0.15, 0.2) is 41.3 Å². The van der Waals surface area contributed by atoms with E-state index in [1.165, 1.54) is 18.4 Å². The fourth-order valence-corrected chi connectivity index (χ4v) is 5.91. The maximum Gasteiger partial charge on any atom is 0.242 e. The smallest absolute Gasteiger partial charge is 0.242 e. The minimum absolute atomic E-state index is 0.0917. The van der Waals surface area contributed by atoms with Crippen molar-refractivity contribution in [3.8, 4) is 0 Å². The maximum absolute atomic E-state index is 13.4. The summed E-state index contributed by atoms with van der Waals surface area (Å²) < 4.78 is 26.1. The molecule has 0 radical (unpaired) electrons. The van der Waals surface area contributed by atoms with Crippen LogP contribution >= 0.6 is 23.2 Å². The quantitative estimate of drug-likeness (QED) is 0.627. The third-order valence-corrected chi connectivity index (χ3v) is 8.65. The lowest BCUT2D eigenvalue weighted by atomic mass is 9.96. The van der Waals surface area contributed by atoms with E-state index in [0.29, 0.717) is 36.1 Å². The number of hydrogen-bond donors (Lipinski definition) is 0. The average Bonchev–Trinajstić information content (AvgIpc) is 3.18. The van der Waals surface area contributed by atoms with Gasteiger partial charge in [-0.2, -0.15) is 0 Å². The Morgan fingerprint density at radius 1 is 1.12 bits per heavy atom. The number of likely N-dealkylation sites (tertiary alicyclic amines) is 1. The molecule has 2 aromatic carbocycles. The van der Waals surface area contributed by atoms with Crippen LogP contribution in [0.2, 0.25) is 10.0 Å². The number of nitrogens with zero attached hydrogens (tertiary/aromatic N) is 3. The lowest BCUT2D eigenvalue weighted by Gasteiger charge is -2.34. The van der Waals surface area contributed by atoms with Gasteiger partial charge in [0.15, 0.2) is 0 Å². The van der Waals surface area contributed by atoms with Gasteiger partial charge in [0.2, 0.25) is 15.9 Å². The second kappa shape index (κ2) is 9.31. The van der Waals surface area contributed by atoms with Gasteiger partial charge in [-0.3, -0.25) is 9.69 Å². The molecule has 4 rings (SSSR count). The SMILES string of the molecule is CN(C)S(=O)(=O)c1ccc2c(c1)CCN2C(=O)C1CCCN(Cc2ccc(Cl)cc2Cl)C1. The van der Waals surface area contributed by atoms with Crippen molar-refractivity contribution in [1.29, 1.82) is 0 Å². The van der Waals surface area contributed by atoms with Gasteiger partial charge in [0, 0.05) is 49.5 Å². The fraction of sp³-hybridized carbons (Fsp3) is 0.435. The zero-order valence-corrected chi connectivity index (χ0v) is 20.6. The highest BCUT2D eigenvalue weighted by molar-refractivity contribution is 7.89. The van der Waals surface area contributed by atoms with Gasteiger partial charge in [0.05, 0.1) is 10.8 Å². The number of hydrogen-bond acceptors (Lipinski definition) is 4. The number of fused-ring (bicyclic) bond motifs is 1. The van der Waals surface area contributed by atoms with Gasteiger partial charge >= 0.3 is 0 Å². The average molecular weight is 496 g/mol. The third-order valence-electron chi connectivity index (χ3n) is 6.25. The molecule has 1 saturated heterocycles. The van der Waals surface area contributed by atoms with Gasteiger partial charge in [0.1, 0.15) is 0 Å². The number of sulfonamides is 1. The summed E-state index contributed by atoms with van der Waals surface area (Å²) in [6.07, 6.45) is 2.46. The Hall–Kier alpha value is -1.64. The van der Waals surface area contributed by atoms with Crippen molar-refractivity contribution in [3.05, 3.63) is 57.6 Å². The number of amides is 1. The Morgan fingerprint density at radius 2 is 1.91 bits per heavy atom. The zero-order valence-electron chi connectivity index (χ0n) is 18.2. The molecule has 1 unspecified atom stereocenters. The van der Waals surface area contributed by atoms with Crippen LogP contribution in [0.1, 0.15) is 24.0 Å². The monoisotopic (exact) mass is 495 g/mol. The van der Waals surface area contributed by atoms with Crippen LogP contribution in [-0.2, 0) is 27.8 Å². The van der Waals surface area contributed by atoms with Crippen LogP contribution in [0.4, 0.5) is 5.69 Å². The van der Waals surface area contributed by atoms with Crippen LogP contribution in [0.3, 0.4) is 0 Å². The molecule has 2 aliphatic rings. The number of halogens is 2. The molecule has 9 heteroatoms. The summed E-state index contributed by atoms with van der Waals surface area (Å²) in [6.45, 7) is 2.86. The lowest BCUT2D eigenvalue weighted by Crippen LogP contribution is -2.44. The van der Waals surface area contributed by atoms with E-state index < -0.39 is 10.0 Å². The van der Waals surface area contributed by atoms with E-state index in [1.807, 2.05) is 17.0 Å². The first-order valence-corrected chi connectivity index (χ1v) is 12.9. The molecule has 0 saturated carbocycles. The van der Waals surface area contributed by atoms with E-state index >= 15 is 0 Å². The minimum atomic E-state index is -3.50. The van der Waals surface area contributed by atoms with Crippen LogP contribution in [0.25, 0.3) is 0 Å². The molecule has 0 aromatic heterocycles. The predicted molar refractivity (Wildman–Crippen MR) is 128 cm³/mol. The third kappa shape index (κ3) is 4.68. The predicted octanol–water partition coefficient (Wildman–Crippen LogP) is 4.05. The van der Waals surface area contributed by atoms with Crippen molar-refractivity contribution in [2.75, 3.05) is 38.6 Å². The van der Waals surface area contributed by atoms with E-state index in [4.69, 9.17) is 23.2 Å². The Labute approximate surface area is 199 Å². The standard InChI is InChI=1S/C23H27Cl2N3O3S/c1-26(2)32(30,31)20-7-8-22-16(12-20)9-11-28(22)23(29)18-4-3-10-27(15-18)14-17-5-6-19(24)13-21(17)25/h5-8,12-13,18H,3-4,9-11,14-15H2,1-2H3. The number of anilines is 1. The molecule has 1 amide bonds. The van der Waals surface area contributed by atoms with Gasteiger partial charge in [-0.15, -0.1) is 0 Å². The first-order chi connectivity index (χ1) is 15.2. The van der Waals surface area contributed by atoms with Gasteiger partial charge in [-0.05, 0) is 67.3 Å². The molecule has 2 aromatic rings. The molecule has 1 atom stereocenters. The van der Waals surface area contributed by atoms with Crippen molar-refractivity contribution in [2.24, 2.45) is 5.92 Å².